The van der Waals surface area contributed by atoms with Crippen LogP contribution in [0.15, 0.2) is 42.5 Å². The Labute approximate surface area is 112 Å². The van der Waals surface area contributed by atoms with Gasteiger partial charge in [0.25, 0.3) is 0 Å². The molecule has 0 atom stereocenters. The summed E-state index contributed by atoms with van der Waals surface area (Å²) < 4.78 is 0. The molecule has 2 aromatic carbocycles. The minimum absolute atomic E-state index is 0.0654. The van der Waals surface area contributed by atoms with Gasteiger partial charge in [-0.25, -0.2) is 0 Å². The number of ketones is 2. The molecule has 94 valence electrons. The molecule has 0 saturated carbocycles. The molecule has 2 nitrogen and oxygen atoms in total. The highest BCUT2D eigenvalue weighted by atomic mass is 16.1. The summed E-state index contributed by atoms with van der Waals surface area (Å²) in [6, 6.07) is 13.6. The average Bonchev–Trinajstić information content (AvgIpc) is 2.80. The highest BCUT2D eigenvalue weighted by Gasteiger charge is 2.19. The lowest BCUT2D eigenvalue weighted by atomic mass is 9.99. The maximum atomic E-state index is 11.7. The van der Waals surface area contributed by atoms with Crippen molar-refractivity contribution in [2.45, 2.75) is 19.8 Å². The van der Waals surface area contributed by atoms with E-state index in [-0.39, 0.29) is 11.6 Å². The topological polar surface area (TPSA) is 34.1 Å². The molecule has 0 radical (unpaired) electrons. The van der Waals surface area contributed by atoms with Crippen molar-refractivity contribution in [2.24, 2.45) is 0 Å². The van der Waals surface area contributed by atoms with Crippen LogP contribution in [0.25, 0.3) is 11.1 Å². The second-order valence-corrected chi connectivity index (χ2v) is 4.93. The minimum Gasteiger partial charge on any atom is -0.295 e. The quantitative estimate of drug-likeness (QED) is 0.762. The van der Waals surface area contributed by atoms with Crippen LogP contribution in [0.5, 0.6) is 0 Å². The Morgan fingerprint density at radius 1 is 0.947 bits per heavy atom. The molecule has 2 heteroatoms. The summed E-state index contributed by atoms with van der Waals surface area (Å²) in [5.74, 6) is 0.299. The van der Waals surface area contributed by atoms with Crippen molar-refractivity contribution in [3.63, 3.8) is 0 Å². The number of benzene rings is 2. The molecule has 2 aromatic rings. The molecule has 0 spiro atoms. The van der Waals surface area contributed by atoms with E-state index in [1.54, 1.807) is 6.92 Å². The summed E-state index contributed by atoms with van der Waals surface area (Å²) >= 11 is 0. The minimum atomic E-state index is 0.0654. The van der Waals surface area contributed by atoms with E-state index in [2.05, 4.69) is 0 Å². The van der Waals surface area contributed by atoms with E-state index in [9.17, 15) is 9.59 Å². The van der Waals surface area contributed by atoms with Gasteiger partial charge < -0.3 is 0 Å². The Bertz CT molecular complexity index is 666. The second kappa shape index (κ2) is 4.47. The van der Waals surface area contributed by atoms with Crippen LogP contribution in [-0.2, 0) is 6.42 Å². The van der Waals surface area contributed by atoms with E-state index in [0.29, 0.717) is 12.0 Å². The third-order valence-electron chi connectivity index (χ3n) is 3.66. The highest BCUT2D eigenvalue weighted by molar-refractivity contribution is 6.01. The molecule has 1 aliphatic rings. The predicted molar refractivity (Wildman–Crippen MR) is 74.5 cm³/mol. The number of carbonyl (C=O) groups excluding carboxylic acids is 2. The fourth-order valence-corrected chi connectivity index (χ4v) is 2.51. The summed E-state index contributed by atoms with van der Waals surface area (Å²) in [5.41, 5.74) is 4.78. The van der Waals surface area contributed by atoms with Gasteiger partial charge in [-0.2, -0.15) is 0 Å². The van der Waals surface area contributed by atoms with Crippen LogP contribution in [-0.4, -0.2) is 11.6 Å². The number of hydrogen-bond donors (Lipinski definition) is 0. The van der Waals surface area contributed by atoms with E-state index in [4.69, 9.17) is 0 Å². The summed E-state index contributed by atoms with van der Waals surface area (Å²) in [6.45, 7) is 1.56. The number of carbonyl (C=O) groups is 2. The van der Waals surface area contributed by atoms with Crippen LogP contribution in [0.4, 0.5) is 0 Å². The molecule has 3 rings (SSSR count). The van der Waals surface area contributed by atoms with E-state index in [1.807, 2.05) is 42.5 Å². The van der Waals surface area contributed by atoms with Crippen LogP contribution in [0.1, 0.15) is 39.6 Å². The first-order valence-electron chi connectivity index (χ1n) is 6.42. The van der Waals surface area contributed by atoms with Crippen LogP contribution in [0.3, 0.4) is 0 Å². The van der Waals surface area contributed by atoms with Gasteiger partial charge in [-0.15, -0.1) is 0 Å². The largest absolute Gasteiger partial charge is 0.295 e. The summed E-state index contributed by atoms with van der Waals surface area (Å²) in [4.78, 5) is 23.0. The lowest BCUT2D eigenvalue weighted by Gasteiger charge is -2.05. The highest BCUT2D eigenvalue weighted by Crippen LogP contribution is 2.28. The molecule has 0 unspecified atom stereocenters. The standard InChI is InChI=1S/C17H14O2/c1-11(18)12-2-4-13(5-3-12)15-7-6-14-8-9-17(19)16(14)10-15/h2-7,10H,8-9H2,1H3. The van der Waals surface area contributed by atoms with Crippen molar-refractivity contribution in [1.29, 1.82) is 0 Å². The fourth-order valence-electron chi connectivity index (χ4n) is 2.51. The maximum absolute atomic E-state index is 11.7. The van der Waals surface area contributed by atoms with Gasteiger partial charge in [0.15, 0.2) is 11.6 Å². The number of hydrogen-bond acceptors (Lipinski definition) is 2. The SMILES string of the molecule is CC(=O)c1ccc(-c2ccc3c(c2)C(=O)CC3)cc1. The molecule has 1 aliphatic carbocycles. The van der Waals surface area contributed by atoms with Gasteiger partial charge >= 0.3 is 0 Å². The molecule has 0 bridgehead atoms. The number of aryl methyl sites for hydroxylation is 1. The monoisotopic (exact) mass is 250 g/mol. The van der Waals surface area contributed by atoms with Gasteiger partial charge in [0.2, 0.25) is 0 Å². The lowest BCUT2D eigenvalue weighted by molar-refractivity contribution is 0.0991. The second-order valence-electron chi connectivity index (χ2n) is 4.93. The molecule has 0 N–H and O–H groups in total. The molecule has 0 amide bonds. The smallest absolute Gasteiger partial charge is 0.163 e. The van der Waals surface area contributed by atoms with Gasteiger partial charge in [-0.1, -0.05) is 36.4 Å². The Morgan fingerprint density at radius 3 is 2.32 bits per heavy atom. The maximum Gasteiger partial charge on any atom is 0.163 e. The Kier molecular flexibility index (Phi) is 2.79. The van der Waals surface area contributed by atoms with Crippen molar-refractivity contribution in [2.75, 3.05) is 0 Å². The van der Waals surface area contributed by atoms with E-state index in [0.717, 1.165) is 28.7 Å². The van der Waals surface area contributed by atoms with Crippen LogP contribution in [0.2, 0.25) is 0 Å². The lowest BCUT2D eigenvalue weighted by Crippen LogP contribution is -1.93. The van der Waals surface area contributed by atoms with Gasteiger partial charge in [0.05, 0.1) is 0 Å². The van der Waals surface area contributed by atoms with Gasteiger partial charge in [-0.05, 0) is 36.1 Å². The zero-order chi connectivity index (χ0) is 13.4. The Balaban J connectivity index is 2.01. The molecule has 0 saturated heterocycles. The number of rotatable bonds is 2. The van der Waals surface area contributed by atoms with Gasteiger partial charge in [0.1, 0.15) is 0 Å². The summed E-state index contributed by atoms with van der Waals surface area (Å²) in [7, 11) is 0. The third kappa shape index (κ3) is 2.10. The van der Waals surface area contributed by atoms with E-state index in [1.165, 1.54) is 0 Å². The molecular formula is C17H14O2. The van der Waals surface area contributed by atoms with Gasteiger partial charge in [-0.3, -0.25) is 9.59 Å². The van der Waals surface area contributed by atoms with Crippen molar-refractivity contribution >= 4 is 11.6 Å². The van der Waals surface area contributed by atoms with Gasteiger partial charge in [0, 0.05) is 17.5 Å². The number of fused-ring (bicyclic) bond motifs is 1. The zero-order valence-corrected chi connectivity index (χ0v) is 10.8. The molecule has 0 heterocycles. The van der Waals surface area contributed by atoms with Crippen molar-refractivity contribution in [3.05, 3.63) is 59.2 Å². The van der Waals surface area contributed by atoms with E-state index >= 15 is 0 Å². The molecule has 0 fully saturated rings. The molecule has 19 heavy (non-hydrogen) atoms. The first-order valence-corrected chi connectivity index (χ1v) is 6.42. The van der Waals surface area contributed by atoms with Crippen molar-refractivity contribution in [3.8, 4) is 11.1 Å². The van der Waals surface area contributed by atoms with Crippen LogP contribution < -0.4 is 0 Å². The predicted octanol–water partition coefficient (Wildman–Crippen LogP) is 3.69. The van der Waals surface area contributed by atoms with Crippen molar-refractivity contribution < 1.29 is 9.59 Å². The Hall–Kier alpha value is -2.22. The van der Waals surface area contributed by atoms with E-state index < -0.39 is 0 Å². The normalized spacial score (nSPS) is 13.4. The molecular weight excluding hydrogens is 236 g/mol. The zero-order valence-electron chi connectivity index (χ0n) is 10.8. The first-order chi connectivity index (χ1) is 9.15. The number of Topliss-reactive ketones (excluding diaryl/α,β-unsaturated/α-hetero) is 2. The Morgan fingerprint density at radius 2 is 1.63 bits per heavy atom. The molecule has 0 aliphatic heterocycles. The van der Waals surface area contributed by atoms with Crippen molar-refractivity contribution in [1.82, 2.24) is 0 Å². The first kappa shape index (κ1) is 11.8. The summed E-state index contributed by atoms with van der Waals surface area (Å²) in [5, 5.41) is 0. The molecule has 0 aromatic heterocycles. The van der Waals surface area contributed by atoms with Crippen LogP contribution in [0, 0.1) is 0 Å². The van der Waals surface area contributed by atoms with Crippen LogP contribution >= 0.6 is 0 Å². The third-order valence-corrected chi connectivity index (χ3v) is 3.66. The fraction of sp³-hybridized carbons (Fsp3) is 0.176. The average molecular weight is 250 g/mol. The summed E-state index contributed by atoms with van der Waals surface area (Å²) in [6.07, 6.45) is 1.49.